The summed E-state index contributed by atoms with van der Waals surface area (Å²) in [6.45, 7) is 4.68. The van der Waals surface area contributed by atoms with E-state index in [0.29, 0.717) is 23.9 Å². The second-order valence-electron chi connectivity index (χ2n) is 15.3. The van der Waals surface area contributed by atoms with Gasteiger partial charge in [-0.1, -0.05) is 141 Å². The van der Waals surface area contributed by atoms with E-state index in [1.807, 2.05) is 21.1 Å². The third-order valence-corrected chi connectivity index (χ3v) is 8.95. The molecule has 0 aliphatic heterocycles. The standard InChI is InChI=1S/C43H79NO8/c1-6-8-10-12-14-16-18-20-21-22-24-26-28-30-32-34-41(46)52-39(38-51-43(42(47)48)49-36-35-44(3,4)5)37-50-40(45)33-31-29-27-25-23-19-17-15-13-11-9-7-2/h14,16,20-21,39,43H,6-13,15,17-19,22-38H2,1-5H3/b16-14-,21-20-. The second-order valence-corrected chi connectivity index (χ2v) is 15.3. The lowest BCUT2D eigenvalue weighted by atomic mass is 10.0. The first kappa shape index (κ1) is 49.8. The molecule has 0 aromatic carbocycles. The van der Waals surface area contributed by atoms with E-state index in [1.165, 1.54) is 83.5 Å². The van der Waals surface area contributed by atoms with Crippen LogP contribution in [0.2, 0.25) is 0 Å². The Morgan fingerprint density at radius 2 is 1.04 bits per heavy atom. The molecule has 0 N–H and O–H groups in total. The predicted molar refractivity (Wildman–Crippen MR) is 209 cm³/mol. The highest BCUT2D eigenvalue weighted by Crippen LogP contribution is 2.14. The number of carbonyl (C=O) groups is 3. The summed E-state index contributed by atoms with van der Waals surface area (Å²) in [6.07, 6.45) is 33.4. The minimum atomic E-state index is -1.62. The zero-order valence-corrected chi connectivity index (χ0v) is 34.2. The van der Waals surface area contributed by atoms with Gasteiger partial charge < -0.3 is 33.3 Å². The van der Waals surface area contributed by atoms with E-state index in [0.717, 1.165) is 57.8 Å². The number of ether oxygens (including phenoxy) is 4. The smallest absolute Gasteiger partial charge is 0.306 e. The van der Waals surface area contributed by atoms with Crippen molar-refractivity contribution in [1.29, 1.82) is 0 Å². The molecule has 9 heteroatoms. The summed E-state index contributed by atoms with van der Waals surface area (Å²) in [5, 5.41) is 11.7. The molecule has 0 aliphatic carbocycles. The molecule has 0 rings (SSSR count). The minimum Gasteiger partial charge on any atom is -0.545 e. The molecule has 9 nitrogen and oxygen atoms in total. The van der Waals surface area contributed by atoms with E-state index in [2.05, 4.69) is 38.2 Å². The molecule has 2 unspecified atom stereocenters. The van der Waals surface area contributed by atoms with Crippen LogP contribution in [-0.4, -0.2) is 82.3 Å². The van der Waals surface area contributed by atoms with Crippen LogP contribution in [0.1, 0.15) is 174 Å². The lowest BCUT2D eigenvalue weighted by Gasteiger charge is -2.26. The van der Waals surface area contributed by atoms with Gasteiger partial charge in [0.1, 0.15) is 13.2 Å². The van der Waals surface area contributed by atoms with Crippen LogP contribution >= 0.6 is 0 Å². The molecule has 0 heterocycles. The molecular formula is C43H79NO8. The number of carboxylic acid groups (broad SMARTS) is 1. The van der Waals surface area contributed by atoms with Crippen molar-refractivity contribution in [2.75, 3.05) is 47.5 Å². The van der Waals surface area contributed by atoms with Gasteiger partial charge in [0, 0.05) is 12.8 Å². The van der Waals surface area contributed by atoms with Crippen LogP contribution in [0, 0.1) is 0 Å². The number of allylic oxidation sites excluding steroid dienone is 4. The monoisotopic (exact) mass is 738 g/mol. The van der Waals surface area contributed by atoms with Crippen molar-refractivity contribution in [3.8, 4) is 0 Å². The fourth-order valence-corrected chi connectivity index (χ4v) is 5.62. The fraction of sp³-hybridized carbons (Fsp3) is 0.837. The number of quaternary nitrogens is 1. The molecule has 0 saturated carbocycles. The van der Waals surface area contributed by atoms with Crippen LogP contribution in [0.3, 0.4) is 0 Å². The average Bonchev–Trinajstić information content (AvgIpc) is 3.09. The van der Waals surface area contributed by atoms with Crippen LogP contribution in [0.5, 0.6) is 0 Å². The van der Waals surface area contributed by atoms with Crippen LogP contribution in [0.15, 0.2) is 24.3 Å². The lowest BCUT2D eigenvalue weighted by molar-refractivity contribution is -0.870. The number of carboxylic acids is 1. The Morgan fingerprint density at radius 1 is 0.577 bits per heavy atom. The maximum absolute atomic E-state index is 12.7. The molecule has 0 aromatic heterocycles. The number of rotatable bonds is 38. The van der Waals surface area contributed by atoms with Gasteiger partial charge in [0.15, 0.2) is 12.4 Å². The molecule has 304 valence electrons. The van der Waals surface area contributed by atoms with Gasteiger partial charge in [-0.05, 0) is 44.9 Å². The maximum Gasteiger partial charge on any atom is 0.306 e. The second kappa shape index (κ2) is 35.8. The molecule has 0 bridgehead atoms. The van der Waals surface area contributed by atoms with Gasteiger partial charge in [-0.2, -0.15) is 0 Å². The van der Waals surface area contributed by atoms with E-state index in [-0.39, 0.29) is 32.2 Å². The first-order valence-electron chi connectivity index (χ1n) is 21.0. The van der Waals surface area contributed by atoms with E-state index < -0.39 is 24.3 Å². The molecule has 0 radical (unpaired) electrons. The number of hydrogen-bond acceptors (Lipinski definition) is 8. The highest BCUT2D eigenvalue weighted by Gasteiger charge is 2.21. The van der Waals surface area contributed by atoms with Crippen LogP contribution < -0.4 is 5.11 Å². The molecule has 0 aliphatic rings. The van der Waals surface area contributed by atoms with E-state index in [4.69, 9.17) is 18.9 Å². The van der Waals surface area contributed by atoms with Crippen molar-refractivity contribution in [3.63, 3.8) is 0 Å². The molecular weight excluding hydrogens is 658 g/mol. The highest BCUT2D eigenvalue weighted by molar-refractivity contribution is 5.70. The number of aliphatic carboxylic acids is 1. The first-order chi connectivity index (χ1) is 25.1. The number of nitrogens with zero attached hydrogens (tertiary/aromatic N) is 1. The number of esters is 2. The van der Waals surface area contributed by atoms with Gasteiger partial charge in [0.05, 0.1) is 40.3 Å². The van der Waals surface area contributed by atoms with Crippen molar-refractivity contribution >= 4 is 17.9 Å². The zero-order valence-electron chi connectivity index (χ0n) is 34.2. The zero-order chi connectivity index (χ0) is 38.5. The molecule has 0 spiro atoms. The summed E-state index contributed by atoms with van der Waals surface area (Å²) >= 11 is 0. The number of carbonyl (C=O) groups excluding carboxylic acids is 3. The average molecular weight is 738 g/mol. The topological polar surface area (TPSA) is 111 Å². The minimum absolute atomic E-state index is 0.146. The Morgan fingerprint density at radius 3 is 1.56 bits per heavy atom. The van der Waals surface area contributed by atoms with E-state index >= 15 is 0 Å². The van der Waals surface area contributed by atoms with Crippen molar-refractivity contribution in [1.82, 2.24) is 0 Å². The Hall–Kier alpha value is -2.23. The molecule has 0 saturated heterocycles. The van der Waals surface area contributed by atoms with Gasteiger partial charge in [-0.3, -0.25) is 9.59 Å². The first-order valence-corrected chi connectivity index (χ1v) is 21.0. The molecule has 52 heavy (non-hydrogen) atoms. The van der Waals surface area contributed by atoms with Crippen LogP contribution in [-0.2, 0) is 33.3 Å². The summed E-state index contributed by atoms with van der Waals surface area (Å²) in [5.41, 5.74) is 0. The quantitative estimate of drug-likeness (QED) is 0.0203. The molecule has 2 atom stereocenters. The molecule has 0 amide bonds. The van der Waals surface area contributed by atoms with E-state index in [9.17, 15) is 19.5 Å². The number of hydrogen-bond donors (Lipinski definition) is 0. The number of likely N-dealkylation sites (N-methyl/N-ethyl adjacent to an activating group) is 1. The number of unbranched alkanes of at least 4 members (excludes halogenated alkanes) is 19. The third-order valence-electron chi connectivity index (χ3n) is 8.95. The van der Waals surface area contributed by atoms with Gasteiger partial charge in [-0.25, -0.2) is 0 Å². The SMILES string of the molecule is CCCCC/C=C\C/C=C\CCCCCCCC(=O)OC(COC(=O)CCCCCCCCCCCCCC)COC(OCC[N+](C)(C)C)C(=O)[O-]. The normalized spacial score (nSPS) is 13.2. The summed E-state index contributed by atoms with van der Waals surface area (Å²) in [7, 11) is 5.90. The Bertz CT molecular complexity index is 913. The Kier molecular flexibility index (Phi) is 34.2. The molecule has 0 fully saturated rings. The Balaban J connectivity index is 4.51. The van der Waals surface area contributed by atoms with Gasteiger partial charge in [-0.15, -0.1) is 0 Å². The van der Waals surface area contributed by atoms with Crippen molar-refractivity contribution in [3.05, 3.63) is 24.3 Å². The largest absolute Gasteiger partial charge is 0.545 e. The summed E-state index contributed by atoms with van der Waals surface area (Å²) in [6, 6.07) is 0. The molecule has 0 aromatic rings. The van der Waals surface area contributed by atoms with Crippen molar-refractivity contribution in [2.24, 2.45) is 0 Å². The van der Waals surface area contributed by atoms with Crippen molar-refractivity contribution in [2.45, 2.75) is 187 Å². The predicted octanol–water partition coefficient (Wildman–Crippen LogP) is 9.16. The summed E-state index contributed by atoms with van der Waals surface area (Å²) in [5.74, 6) is -2.30. The van der Waals surface area contributed by atoms with E-state index in [1.54, 1.807) is 0 Å². The maximum atomic E-state index is 12.7. The van der Waals surface area contributed by atoms with Gasteiger partial charge in [0.2, 0.25) is 0 Å². The van der Waals surface area contributed by atoms with Gasteiger partial charge >= 0.3 is 11.9 Å². The van der Waals surface area contributed by atoms with Gasteiger partial charge in [0.25, 0.3) is 0 Å². The van der Waals surface area contributed by atoms with Crippen LogP contribution in [0.25, 0.3) is 0 Å². The lowest BCUT2D eigenvalue weighted by Crippen LogP contribution is -2.44. The van der Waals surface area contributed by atoms with Crippen LogP contribution in [0.4, 0.5) is 0 Å². The summed E-state index contributed by atoms with van der Waals surface area (Å²) in [4.78, 5) is 36.8. The van der Waals surface area contributed by atoms with Crippen molar-refractivity contribution < 1.29 is 42.9 Å². The third kappa shape index (κ3) is 36.1. The Labute approximate surface area is 318 Å². The highest BCUT2D eigenvalue weighted by atomic mass is 16.7. The summed E-state index contributed by atoms with van der Waals surface area (Å²) < 4.78 is 22.5. The fourth-order valence-electron chi connectivity index (χ4n) is 5.62.